The highest BCUT2D eigenvalue weighted by molar-refractivity contribution is 6.03. The van der Waals surface area contributed by atoms with Gasteiger partial charge < -0.3 is 29.0 Å². The maximum absolute atomic E-state index is 13.0. The Labute approximate surface area is 188 Å². The Balaban J connectivity index is 1.39. The predicted octanol–water partition coefficient (Wildman–Crippen LogP) is 4.47. The van der Waals surface area contributed by atoms with Crippen LogP contribution in [-0.2, 0) is 4.74 Å². The standard InChI is InChI=1S/C24H31N3O5/c1-24(2,3)32-23(29)26-12-9-18(10-13-26)27-11-4-6-19(27)22(28)25-17-7-8-20-21(16-17)31-15-5-14-30-20/h4,6-8,11,16,18H,5,9-10,12-15H2,1-3H3,(H,25,28). The molecule has 3 heterocycles. The Morgan fingerprint density at radius 3 is 2.50 bits per heavy atom. The van der Waals surface area contributed by atoms with Crippen molar-refractivity contribution in [1.29, 1.82) is 0 Å². The molecule has 2 aliphatic heterocycles. The zero-order valence-corrected chi connectivity index (χ0v) is 18.9. The summed E-state index contributed by atoms with van der Waals surface area (Å²) in [6.07, 6.45) is 4.00. The van der Waals surface area contributed by atoms with Crippen molar-refractivity contribution in [2.45, 2.75) is 51.7 Å². The van der Waals surface area contributed by atoms with Crippen molar-refractivity contribution < 1.29 is 23.8 Å². The van der Waals surface area contributed by atoms with Crippen LogP contribution >= 0.6 is 0 Å². The molecule has 172 valence electrons. The van der Waals surface area contributed by atoms with Gasteiger partial charge in [-0.05, 0) is 57.9 Å². The molecule has 1 saturated heterocycles. The Kier molecular flexibility index (Phi) is 6.30. The summed E-state index contributed by atoms with van der Waals surface area (Å²) >= 11 is 0. The highest BCUT2D eigenvalue weighted by atomic mass is 16.6. The molecule has 2 aromatic rings. The first-order chi connectivity index (χ1) is 15.3. The van der Waals surface area contributed by atoms with Crippen LogP contribution in [-0.4, -0.2) is 53.4 Å². The SMILES string of the molecule is CC(C)(C)OC(=O)N1CCC(n2cccc2C(=O)Nc2ccc3c(c2)OCCCO3)CC1. The Morgan fingerprint density at radius 1 is 1.06 bits per heavy atom. The normalized spacial score (nSPS) is 16.9. The van der Waals surface area contributed by atoms with Crippen molar-refractivity contribution in [3.8, 4) is 11.5 Å². The van der Waals surface area contributed by atoms with Crippen molar-refractivity contribution in [2.24, 2.45) is 0 Å². The maximum Gasteiger partial charge on any atom is 0.410 e. The number of carbonyl (C=O) groups excluding carboxylic acids is 2. The molecule has 8 nitrogen and oxygen atoms in total. The first-order valence-corrected chi connectivity index (χ1v) is 11.2. The minimum atomic E-state index is -0.507. The monoisotopic (exact) mass is 441 g/mol. The highest BCUT2D eigenvalue weighted by Gasteiger charge is 2.28. The van der Waals surface area contributed by atoms with Crippen LogP contribution in [0.5, 0.6) is 11.5 Å². The molecule has 1 fully saturated rings. The molecule has 32 heavy (non-hydrogen) atoms. The molecule has 4 rings (SSSR count). The number of ether oxygens (including phenoxy) is 3. The molecule has 0 radical (unpaired) electrons. The molecule has 0 bridgehead atoms. The molecule has 0 unspecified atom stereocenters. The zero-order valence-electron chi connectivity index (χ0n) is 18.9. The number of rotatable bonds is 3. The molecule has 1 N–H and O–H groups in total. The number of nitrogens with one attached hydrogen (secondary N) is 1. The number of likely N-dealkylation sites (tertiary alicyclic amines) is 1. The van der Waals surface area contributed by atoms with Gasteiger partial charge in [-0.2, -0.15) is 0 Å². The second-order valence-corrected chi connectivity index (χ2v) is 9.17. The third-order valence-corrected chi connectivity index (χ3v) is 5.53. The Hall–Kier alpha value is -3.16. The number of fused-ring (bicyclic) bond motifs is 1. The van der Waals surface area contributed by atoms with E-state index in [0.717, 1.165) is 19.3 Å². The van der Waals surface area contributed by atoms with Crippen LogP contribution in [0.2, 0.25) is 0 Å². The van der Waals surface area contributed by atoms with Gasteiger partial charge in [0.1, 0.15) is 11.3 Å². The molecular weight excluding hydrogens is 410 g/mol. The van der Waals surface area contributed by atoms with Gasteiger partial charge in [0.25, 0.3) is 5.91 Å². The van der Waals surface area contributed by atoms with E-state index in [2.05, 4.69) is 5.32 Å². The molecule has 2 aliphatic rings. The van der Waals surface area contributed by atoms with E-state index in [1.165, 1.54) is 0 Å². The number of anilines is 1. The molecule has 1 aromatic carbocycles. The first-order valence-electron chi connectivity index (χ1n) is 11.2. The van der Waals surface area contributed by atoms with Crippen molar-refractivity contribution in [3.05, 3.63) is 42.2 Å². The van der Waals surface area contributed by atoms with Gasteiger partial charge >= 0.3 is 6.09 Å². The summed E-state index contributed by atoms with van der Waals surface area (Å²) < 4.78 is 18.8. The van der Waals surface area contributed by atoms with Crippen LogP contribution in [0.1, 0.15) is 56.6 Å². The second-order valence-electron chi connectivity index (χ2n) is 9.17. The van der Waals surface area contributed by atoms with E-state index in [1.807, 2.05) is 55.8 Å². The van der Waals surface area contributed by atoms with E-state index in [9.17, 15) is 9.59 Å². The van der Waals surface area contributed by atoms with Gasteiger partial charge in [0.05, 0.1) is 13.2 Å². The van der Waals surface area contributed by atoms with Crippen LogP contribution in [0.25, 0.3) is 0 Å². The number of nitrogens with zero attached hydrogens (tertiary/aromatic N) is 2. The fraction of sp³-hybridized carbons (Fsp3) is 0.500. The van der Waals surface area contributed by atoms with E-state index in [1.54, 1.807) is 11.0 Å². The average Bonchev–Trinajstić information content (AvgIpc) is 3.12. The molecule has 0 aliphatic carbocycles. The van der Waals surface area contributed by atoms with Gasteiger partial charge in [-0.3, -0.25) is 4.79 Å². The van der Waals surface area contributed by atoms with Gasteiger partial charge in [-0.25, -0.2) is 4.79 Å². The summed E-state index contributed by atoms with van der Waals surface area (Å²) in [6.45, 7) is 8.01. The van der Waals surface area contributed by atoms with Crippen LogP contribution in [0.3, 0.4) is 0 Å². The van der Waals surface area contributed by atoms with Gasteiger partial charge in [0, 0.05) is 43.5 Å². The van der Waals surface area contributed by atoms with Crippen molar-refractivity contribution in [3.63, 3.8) is 0 Å². The lowest BCUT2D eigenvalue weighted by Crippen LogP contribution is -2.42. The zero-order chi connectivity index (χ0) is 22.7. The van der Waals surface area contributed by atoms with Crippen molar-refractivity contribution in [2.75, 3.05) is 31.6 Å². The van der Waals surface area contributed by atoms with Crippen LogP contribution in [0.4, 0.5) is 10.5 Å². The maximum atomic E-state index is 13.0. The van der Waals surface area contributed by atoms with E-state index < -0.39 is 5.60 Å². The molecule has 0 spiro atoms. The lowest BCUT2D eigenvalue weighted by Gasteiger charge is -2.34. The van der Waals surface area contributed by atoms with Crippen LogP contribution in [0, 0.1) is 0 Å². The van der Waals surface area contributed by atoms with Crippen LogP contribution in [0.15, 0.2) is 36.5 Å². The lowest BCUT2D eigenvalue weighted by molar-refractivity contribution is 0.0187. The molecular formula is C24H31N3O5. The number of hydrogen-bond donors (Lipinski definition) is 1. The summed E-state index contributed by atoms with van der Waals surface area (Å²) in [7, 11) is 0. The van der Waals surface area contributed by atoms with E-state index >= 15 is 0 Å². The number of aromatic nitrogens is 1. The number of amides is 2. The highest BCUT2D eigenvalue weighted by Crippen LogP contribution is 2.33. The van der Waals surface area contributed by atoms with Gasteiger partial charge in [-0.15, -0.1) is 0 Å². The molecule has 0 saturated carbocycles. The summed E-state index contributed by atoms with van der Waals surface area (Å²) in [5.74, 6) is 1.16. The predicted molar refractivity (Wildman–Crippen MR) is 121 cm³/mol. The largest absolute Gasteiger partial charge is 0.490 e. The fourth-order valence-electron chi connectivity index (χ4n) is 3.99. The Morgan fingerprint density at radius 2 is 1.78 bits per heavy atom. The number of piperidine rings is 1. The lowest BCUT2D eigenvalue weighted by atomic mass is 10.0. The minimum Gasteiger partial charge on any atom is -0.490 e. The Bertz CT molecular complexity index is 970. The molecule has 2 amide bonds. The fourth-order valence-corrected chi connectivity index (χ4v) is 3.99. The third kappa shape index (κ3) is 5.18. The van der Waals surface area contributed by atoms with Gasteiger partial charge in [0.2, 0.25) is 0 Å². The summed E-state index contributed by atoms with van der Waals surface area (Å²) in [5.41, 5.74) is 0.742. The van der Waals surface area contributed by atoms with Crippen molar-refractivity contribution >= 4 is 17.7 Å². The van der Waals surface area contributed by atoms with Crippen molar-refractivity contribution in [1.82, 2.24) is 9.47 Å². The minimum absolute atomic E-state index is 0.146. The first kappa shape index (κ1) is 22.0. The number of benzene rings is 1. The molecule has 1 aromatic heterocycles. The number of hydrogen-bond acceptors (Lipinski definition) is 5. The smallest absolute Gasteiger partial charge is 0.410 e. The third-order valence-electron chi connectivity index (χ3n) is 5.53. The van der Waals surface area contributed by atoms with Gasteiger partial charge in [-0.1, -0.05) is 0 Å². The summed E-state index contributed by atoms with van der Waals surface area (Å²) in [4.78, 5) is 27.1. The summed E-state index contributed by atoms with van der Waals surface area (Å²) in [5, 5.41) is 2.97. The second kappa shape index (κ2) is 9.14. The van der Waals surface area contributed by atoms with E-state index in [4.69, 9.17) is 14.2 Å². The number of carbonyl (C=O) groups is 2. The van der Waals surface area contributed by atoms with Gasteiger partial charge in [0.15, 0.2) is 11.5 Å². The average molecular weight is 442 g/mol. The molecule has 8 heteroatoms. The summed E-state index contributed by atoms with van der Waals surface area (Å²) in [6, 6.07) is 9.28. The topological polar surface area (TPSA) is 82.0 Å². The molecule has 0 atom stereocenters. The van der Waals surface area contributed by atoms with E-state index in [-0.39, 0.29) is 18.0 Å². The van der Waals surface area contributed by atoms with Crippen LogP contribution < -0.4 is 14.8 Å². The van der Waals surface area contributed by atoms with E-state index in [0.29, 0.717) is 49.2 Å². The quantitative estimate of drug-likeness (QED) is 0.760.